The number of nitrogens with zero attached hydrogens (tertiary/aromatic N) is 2. The van der Waals surface area contributed by atoms with Gasteiger partial charge in [0.2, 0.25) is 17.5 Å². The predicted molar refractivity (Wildman–Crippen MR) is 99.3 cm³/mol. The van der Waals surface area contributed by atoms with E-state index >= 15 is 0 Å². The molecule has 0 bridgehead atoms. The van der Waals surface area contributed by atoms with E-state index in [9.17, 15) is 9.59 Å². The van der Waals surface area contributed by atoms with Crippen molar-refractivity contribution in [2.45, 2.75) is 26.7 Å². The summed E-state index contributed by atoms with van der Waals surface area (Å²) in [5.74, 6) is 0.137. The van der Waals surface area contributed by atoms with Gasteiger partial charge in [-0.05, 0) is 25.5 Å². The summed E-state index contributed by atoms with van der Waals surface area (Å²) < 4.78 is 10.2. The molecule has 0 spiro atoms. The summed E-state index contributed by atoms with van der Waals surface area (Å²) in [5, 5.41) is 3.90. The molecule has 0 aliphatic rings. The van der Waals surface area contributed by atoms with Crippen molar-refractivity contribution >= 4 is 11.8 Å². The number of aromatic nitrogens is 2. The third-order valence-corrected chi connectivity index (χ3v) is 4.10. The SMILES string of the molecule is Cc1ccc(C)c(C(=O)COC(=O)CCc2nc(-c3ccccc3)no2)c1. The maximum atomic E-state index is 12.2. The van der Waals surface area contributed by atoms with E-state index in [1.165, 1.54) is 0 Å². The van der Waals surface area contributed by atoms with E-state index in [0.29, 0.717) is 17.3 Å². The minimum atomic E-state index is -0.479. The average molecular weight is 364 g/mol. The molecule has 0 N–H and O–H groups in total. The Hall–Kier alpha value is -3.28. The van der Waals surface area contributed by atoms with Crippen LogP contribution in [0.2, 0.25) is 0 Å². The zero-order valence-corrected chi connectivity index (χ0v) is 15.3. The molecule has 0 fully saturated rings. The van der Waals surface area contributed by atoms with Crippen LogP contribution >= 0.6 is 0 Å². The second-order valence-electron chi connectivity index (χ2n) is 6.28. The first-order valence-corrected chi connectivity index (χ1v) is 8.67. The molecule has 0 aliphatic heterocycles. The molecule has 2 aromatic carbocycles. The van der Waals surface area contributed by atoms with Crippen LogP contribution in [0.1, 0.15) is 33.8 Å². The first-order chi connectivity index (χ1) is 13.0. The molecule has 0 atom stereocenters. The summed E-state index contributed by atoms with van der Waals surface area (Å²) in [4.78, 5) is 28.4. The van der Waals surface area contributed by atoms with Gasteiger partial charge in [-0.1, -0.05) is 53.2 Å². The Morgan fingerprint density at radius 2 is 1.85 bits per heavy atom. The van der Waals surface area contributed by atoms with Crippen LogP contribution in [0.15, 0.2) is 53.1 Å². The maximum absolute atomic E-state index is 12.2. The Bertz CT molecular complexity index is 948. The molecule has 1 aromatic heterocycles. The summed E-state index contributed by atoms with van der Waals surface area (Å²) >= 11 is 0. The molecule has 6 heteroatoms. The molecule has 0 aliphatic carbocycles. The number of Topliss-reactive ketones (excluding diaryl/α,β-unsaturated/α-hetero) is 1. The second kappa shape index (κ2) is 8.40. The van der Waals surface area contributed by atoms with Crippen molar-refractivity contribution in [3.63, 3.8) is 0 Å². The van der Waals surface area contributed by atoms with Gasteiger partial charge in [-0.25, -0.2) is 0 Å². The largest absolute Gasteiger partial charge is 0.457 e. The van der Waals surface area contributed by atoms with E-state index in [1.807, 2.05) is 56.3 Å². The lowest BCUT2D eigenvalue weighted by atomic mass is 10.0. The Morgan fingerprint density at radius 3 is 2.63 bits per heavy atom. The van der Waals surface area contributed by atoms with Crippen LogP contribution in [0.4, 0.5) is 0 Å². The molecule has 0 radical (unpaired) electrons. The van der Waals surface area contributed by atoms with Crippen molar-refractivity contribution < 1.29 is 18.8 Å². The Morgan fingerprint density at radius 1 is 1.07 bits per heavy atom. The third-order valence-electron chi connectivity index (χ3n) is 4.10. The monoisotopic (exact) mass is 364 g/mol. The summed E-state index contributed by atoms with van der Waals surface area (Å²) in [5.41, 5.74) is 3.27. The van der Waals surface area contributed by atoms with Gasteiger partial charge in [0, 0.05) is 17.5 Å². The molecular weight excluding hydrogens is 344 g/mol. The number of carbonyl (C=O) groups is 2. The van der Waals surface area contributed by atoms with E-state index in [0.717, 1.165) is 16.7 Å². The molecule has 0 saturated carbocycles. The first-order valence-electron chi connectivity index (χ1n) is 8.67. The zero-order chi connectivity index (χ0) is 19.2. The zero-order valence-electron chi connectivity index (χ0n) is 15.3. The molecule has 27 heavy (non-hydrogen) atoms. The van der Waals surface area contributed by atoms with E-state index < -0.39 is 5.97 Å². The van der Waals surface area contributed by atoms with Gasteiger partial charge in [-0.15, -0.1) is 0 Å². The number of hydrogen-bond donors (Lipinski definition) is 0. The summed E-state index contributed by atoms with van der Waals surface area (Å²) in [6.45, 7) is 3.49. The molecule has 3 rings (SSSR count). The van der Waals surface area contributed by atoms with Crippen molar-refractivity contribution in [1.82, 2.24) is 10.1 Å². The normalized spacial score (nSPS) is 10.6. The van der Waals surface area contributed by atoms with Crippen molar-refractivity contribution in [2.24, 2.45) is 0 Å². The molecular formula is C21H20N2O4. The fraction of sp³-hybridized carbons (Fsp3) is 0.238. The number of carbonyl (C=O) groups excluding carboxylic acids is 2. The molecule has 3 aromatic rings. The molecule has 1 heterocycles. The number of esters is 1. The van der Waals surface area contributed by atoms with Gasteiger partial charge in [0.05, 0.1) is 6.42 Å². The highest BCUT2D eigenvalue weighted by molar-refractivity contribution is 5.99. The number of ether oxygens (including phenoxy) is 1. The maximum Gasteiger partial charge on any atom is 0.306 e. The van der Waals surface area contributed by atoms with Crippen molar-refractivity contribution in [1.29, 1.82) is 0 Å². The summed E-state index contributed by atoms with van der Waals surface area (Å²) in [6, 6.07) is 15.0. The fourth-order valence-corrected chi connectivity index (χ4v) is 2.60. The standard InChI is InChI=1S/C21H20N2O4/c1-14-8-9-15(2)17(12-14)18(24)13-26-20(25)11-10-19-22-21(23-27-19)16-6-4-3-5-7-16/h3-9,12H,10-11,13H2,1-2H3. The minimum absolute atomic E-state index is 0.0660. The van der Waals surface area contributed by atoms with Gasteiger partial charge in [0.25, 0.3) is 0 Å². The molecule has 138 valence electrons. The van der Waals surface area contributed by atoms with Crippen LogP contribution in [-0.4, -0.2) is 28.5 Å². The van der Waals surface area contributed by atoms with Crippen LogP contribution in [-0.2, 0) is 16.0 Å². The number of ketones is 1. The number of benzene rings is 2. The Labute approximate surface area is 157 Å². The first kappa shape index (κ1) is 18.5. The number of hydrogen-bond acceptors (Lipinski definition) is 6. The van der Waals surface area contributed by atoms with Crippen molar-refractivity contribution in [2.75, 3.05) is 6.61 Å². The highest BCUT2D eigenvalue weighted by Gasteiger charge is 2.14. The number of rotatable bonds is 7. The summed E-state index contributed by atoms with van der Waals surface area (Å²) in [7, 11) is 0. The molecule has 0 amide bonds. The van der Waals surface area contributed by atoms with Gasteiger partial charge in [0.1, 0.15) is 0 Å². The molecule has 0 saturated heterocycles. The van der Waals surface area contributed by atoms with Gasteiger partial charge < -0.3 is 9.26 Å². The lowest BCUT2D eigenvalue weighted by Crippen LogP contribution is -2.15. The van der Waals surface area contributed by atoms with Crippen LogP contribution in [0.25, 0.3) is 11.4 Å². The van der Waals surface area contributed by atoms with Crippen LogP contribution in [0, 0.1) is 13.8 Å². The summed E-state index contributed by atoms with van der Waals surface area (Å²) in [6.07, 6.45) is 0.326. The second-order valence-corrected chi connectivity index (χ2v) is 6.28. The fourth-order valence-electron chi connectivity index (χ4n) is 2.60. The van der Waals surface area contributed by atoms with E-state index in [-0.39, 0.29) is 25.2 Å². The quantitative estimate of drug-likeness (QED) is 0.469. The van der Waals surface area contributed by atoms with Crippen LogP contribution in [0.5, 0.6) is 0 Å². The van der Waals surface area contributed by atoms with Crippen molar-refractivity contribution in [3.8, 4) is 11.4 Å². The molecule has 0 unspecified atom stereocenters. The van der Waals surface area contributed by atoms with Crippen molar-refractivity contribution in [3.05, 3.63) is 71.1 Å². The van der Waals surface area contributed by atoms with Gasteiger partial charge in [-0.2, -0.15) is 4.98 Å². The smallest absolute Gasteiger partial charge is 0.306 e. The van der Waals surface area contributed by atoms with Gasteiger partial charge in [0.15, 0.2) is 6.61 Å². The highest BCUT2D eigenvalue weighted by atomic mass is 16.5. The molecule has 6 nitrogen and oxygen atoms in total. The van der Waals surface area contributed by atoms with Crippen LogP contribution < -0.4 is 0 Å². The lowest BCUT2D eigenvalue weighted by molar-refractivity contribution is -0.142. The van der Waals surface area contributed by atoms with E-state index in [2.05, 4.69) is 10.1 Å². The minimum Gasteiger partial charge on any atom is -0.457 e. The van der Waals surface area contributed by atoms with Gasteiger partial charge >= 0.3 is 5.97 Å². The number of aryl methyl sites for hydroxylation is 3. The van der Waals surface area contributed by atoms with Crippen LogP contribution in [0.3, 0.4) is 0 Å². The third kappa shape index (κ3) is 4.88. The van der Waals surface area contributed by atoms with Gasteiger partial charge in [-0.3, -0.25) is 9.59 Å². The van der Waals surface area contributed by atoms with E-state index in [1.54, 1.807) is 6.07 Å². The highest BCUT2D eigenvalue weighted by Crippen LogP contribution is 2.15. The Balaban J connectivity index is 1.49. The predicted octanol–water partition coefficient (Wildman–Crippen LogP) is 3.71. The lowest BCUT2D eigenvalue weighted by Gasteiger charge is -2.07. The Kier molecular flexibility index (Phi) is 5.76. The topological polar surface area (TPSA) is 82.3 Å². The van der Waals surface area contributed by atoms with E-state index in [4.69, 9.17) is 9.26 Å². The average Bonchev–Trinajstić information content (AvgIpc) is 3.16.